The molecule has 96 valence electrons. The van der Waals surface area contributed by atoms with Gasteiger partial charge in [0.25, 0.3) is 0 Å². The fourth-order valence-electron chi connectivity index (χ4n) is 2.28. The highest BCUT2D eigenvalue weighted by Crippen LogP contribution is 2.17. The van der Waals surface area contributed by atoms with Crippen LogP contribution < -0.4 is 5.32 Å². The lowest BCUT2D eigenvalue weighted by Crippen LogP contribution is -2.37. The Hall–Kier alpha value is -0.420. The first-order valence-corrected chi connectivity index (χ1v) is 7.28. The minimum Gasteiger partial charge on any atom is -0.387 e. The van der Waals surface area contributed by atoms with Crippen molar-refractivity contribution in [2.45, 2.75) is 38.5 Å². The molecule has 1 aromatic heterocycles. The van der Waals surface area contributed by atoms with Gasteiger partial charge in [0, 0.05) is 25.2 Å². The van der Waals surface area contributed by atoms with E-state index in [1.54, 1.807) is 11.3 Å². The van der Waals surface area contributed by atoms with Gasteiger partial charge < -0.3 is 10.4 Å². The molecule has 0 saturated carbocycles. The Morgan fingerprint density at radius 2 is 2.41 bits per heavy atom. The van der Waals surface area contributed by atoms with Crippen LogP contribution in [-0.2, 0) is 0 Å². The van der Waals surface area contributed by atoms with Crippen LogP contribution in [0.2, 0.25) is 0 Å². The van der Waals surface area contributed by atoms with Gasteiger partial charge in [-0.15, -0.1) is 0 Å². The fraction of sp³-hybridized carbons (Fsp3) is 0.692. The first-order chi connectivity index (χ1) is 8.16. The summed E-state index contributed by atoms with van der Waals surface area (Å²) in [5.74, 6) is 0. The van der Waals surface area contributed by atoms with Crippen LogP contribution in [0.5, 0.6) is 0 Å². The standard InChI is InChI=1S/C13H22N2OS/c1-10(2)15-5-3-12(8-15)14-7-13(16)11-4-6-17-9-11/h4,6,9-10,12-14,16H,3,5,7-8H2,1-2H3. The lowest BCUT2D eigenvalue weighted by atomic mass is 10.2. The van der Waals surface area contributed by atoms with E-state index < -0.39 is 0 Å². The van der Waals surface area contributed by atoms with E-state index in [1.807, 2.05) is 16.8 Å². The lowest BCUT2D eigenvalue weighted by Gasteiger charge is -2.21. The number of aliphatic hydroxyl groups is 1. The lowest BCUT2D eigenvalue weighted by molar-refractivity contribution is 0.169. The van der Waals surface area contributed by atoms with E-state index in [-0.39, 0.29) is 6.10 Å². The van der Waals surface area contributed by atoms with Gasteiger partial charge in [0.2, 0.25) is 0 Å². The summed E-state index contributed by atoms with van der Waals surface area (Å²) in [5, 5.41) is 17.5. The van der Waals surface area contributed by atoms with E-state index in [4.69, 9.17) is 0 Å². The number of thiophene rings is 1. The monoisotopic (exact) mass is 254 g/mol. The molecular weight excluding hydrogens is 232 g/mol. The Morgan fingerprint density at radius 3 is 3.00 bits per heavy atom. The van der Waals surface area contributed by atoms with Crippen LogP contribution in [0.25, 0.3) is 0 Å². The SMILES string of the molecule is CC(C)N1CCC(NCC(O)c2ccsc2)C1. The van der Waals surface area contributed by atoms with E-state index in [0.29, 0.717) is 18.6 Å². The van der Waals surface area contributed by atoms with E-state index in [0.717, 1.165) is 12.1 Å². The quantitative estimate of drug-likeness (QED) is 0.842. The smallest absolute Gasteiger partial charge is 0.0922 e. The molecular formula is C13H22N2OS. The van der Waals surface area contributed by atoms with Gasteiger partial charge in [0.1, 0.15) is 0 Å². The molecule has 1 fully saturated rings. The zero-order chi connectivity index (χ0) is 12.3. The van der Waals surface area contributed by atoms with Crippen molar-refractivity contribution >= 4 is 11.3 Å². The number of hydrogen-bond donors (Lipinski definition) is 2. The second-order valence-corrected chi connectivity index (χ2v) is 5.84. The normalized spacial score (nSPS) is 23.4. The van der Waals surface area contributed by atoms with Crippen molar-refractivity contribution in [3.05, 3.63) is 22.4 Å². The van der Waals surface area contributed by atoms with Crippen molar-refractivity contribution < 1.29 is 5.11 Å². The maximum atomic E-state index is 9.98. The molecule has 1 aliphatic rings. The number of nitrogens with one attached hydrogen (secondary N) is 1. The zero-order valence-corrected chi connectivity index (χ0v) is 11.4. The molecule has 2 N–H and O–H groups in total. The fourth-order valence-corrected chi connectivity index (χ4v) is 2.99. The van der Waals surface area contributed by atoms with Crippen LogP contribution in [0, 0.1) is 0 Å². The number of aliphatic hydroxyl groups excluding tert-OH is 1. The third-order valence-electron chi connectivity index (χ3n) is 3.48. The maximum Gasteiger partial charge on any atom is 0.0922 e. The summed E-state index contributed by atoms with van der Waals surface area (Å²) in [5.41, 5.74) is 1.03. The van der Waals surface area contributed by atoms with Crippen LogP contribution in [0.3, 0.4) is 0 Å². The van der Waals surface area contributed by atoms with E-state index in [2.05, 4.69) is 24.1 Å². The van der Waals surface area contributed by atoms with Crippen molar-refractivity contribution in [2.75, 3.05) is 19.6 Å². The van der Waals surface area contributed by atoms with E-state index >= 15 is 0 Å². The van der Waals surface area contributed by atoms with Crippen LogP contribution in [0.1, 0.15) is 31.9 Å². The molecule has 1 aliphatic heterocycles. The molecule has 1 saturated heterocycles. The average Bonchev–Trinajstić information content (AvgIpc) is 2.97. The predicted octanol–water partition coefficient (Wildman–Crippen LogP) is 1.85. The summed E-state index contributed by atoms with van der Waals surface area (Å²) in [6, 6.07) is 3.15. The number of likely N-dealkylation sites (tertiary alicyclic amines) is 1. The average molecular weight is 254 g/mol. The van der Waals surface area contributed by atoms with Gasteiger partial charge >= 0.3 is 0 Å². The predicted molar refractivity (Wildman–Crippen MR) is 72.4 cm³/mol. The topological polar surface area (TPSA) is 35.5 Å². The summed E-state index contributed by atoms with van der Waals surface area (Å²) in [6.07, 6.45) is 0.823. The Morgan fingerprint density at radius 1 is 1.59 bits per heavy atom. The molecule has 0 aliphatic carbocycles. The summed E-state index contributed by atoms with van der Waals surface area (Å²) < 4.78 is 0. The van der Waals surface area contributed by atoms with Crippen LogP contribution in [0.4, 0.5) is 0 Å². The maximum absolute atomic E-state index is 9.98. The first-order valence-electron chi connectivity index (χ1n) is 6.34. The molecule has 0 bridgehead atoms. The summed E-state index contributed by atoms with van der Waals surface area (Å²) in [6.45, 7) is 7.41. The number of nitrogens with zero attached hydrogens (tertiary/aromatic N) is 1. The van der Waals surface area contributed by atoms with Crippen molar-refractivity contribution in [1.29, 1.82) is 0 Å². The number of hydrogen-bond acceptors (Lipinski definition) is 4. The molecule has 17 heavy (non-hydrogen) atoms. The zero-order valence-electron chi connectivity index (χ0n) is 10.6. The van der Waals surface area contributed by atoms with Gasteiger partial charge in [0.15, 0.2) is 0 Å². The molecule has 0 spiro atoms. The minimum atomic E-state index is -0.366. The Labute approximate surface area is 107 Å². The third-order valence-corrected chi connectivity index (χ3v) is 4.18. The summed E-state index contributed by atoms with van der Waals surface area (Å²) >= 11 is 1.63. The number of rotatable bonds is 5. The van der Waals surface area contributed by atoms with Gasteiger partial charge in [-0.1, -0.05) is 0 Å². The van der Waals surface area contributed by atoms with Gasteiger partial charge in [-0.25, -0.2) is 0 Å². The van der Waals surface area contributed by atoms with E-state index in [9.17, 15) is 5.11 Å². The molecule has 2 atom stereocenters. The van der Waals surface area contributed by atoms with Crippen molar-refractivity contribution in [3.8, 4) is 0 Å². The van der Waals surface area contributed by atoms with Gasteiger partial charge in [-0.05, 0) is 49.2 Å². The van der Waals surface area contributed by atoms with Crippen molar-refractivity contribution in [2.24, 2.45) is 0 Å². The second kappa shape index (κ2) is 5.96. The molecule has 0 aromatic carbocycles. The van der Waals surface area contributed by atoms with Crippen LogP contribution in [0.15, 0.2) is 16.8 Å². The Balaban J connectivity index is 1.73. The van der Waals surface area contributed by atoms with Gasteiger partial charge in [-0.2, -0.15) is 11.3 Å². The summed E-state index contributed by atoms with van der Waals surface area (Å²) in [4.78, 5) is 2.48. The Kier molecular flexibility index (Phi) is 4.56. The highest BCUT2D eigenvalue weighted by molar-refractivity contribution is 7.07. The summed E-state index contributed by atoms with van der Waals surface area (Å²) in [7, 11) is 0. The van der Waals surface area contributed by atoms with Crippen molar-refractivity contribution in [3.63, 3.8) is 0 Å². The molecule has 2 rings (SSSR count). The van der Waals surface area contributed by atoms with E-state index in [1.165, 1.54) is 13.0 Å². The molecule has 0 amide bonds. The first kappa shape index (κ1) is 13.0. The van der Waals surface area contributed by atoms with Crippen LogP contribution >= 0.6 is 11.3 Å². The molecule has 1 aromatic rings. The van der Waals surface area contributed by atoms with Gasteiger partial charge in [-0.3, -0.25) is 4.90 Å². The third kappa shape index (κ3) is 3.52. The molecule has 2 heterocycles. The Bertz CT molecular complexity index is 326. The largest absolute Gasteiger partial charge is 0.387 e. The highest BCUT2D eigenvalue weighted by Gasteiger charge is 2.24. The minimum absolute atomic E-state index is 0.366. The van der Waals surface area contributed by atoms with Gasteiger partial charge in [0.05, 0.1) is 6.10 Å². The van der Waals surface area contributed by atoms with Crippen molar-refractivity contribution in [1.82, 2.24) is 10.2 Å². The molecule has 2 unspecified atom stereocenters. The van der Waals surface area contributed by atoms with Crippen LogP contribution in [-0.4, -0.2) is 41.7 Å². The molecule has 3 nitrogen and oxygen atoms in total. The molecule has 0 radical (unpaired) electrons. The molecule has 4 heteroatoms. The highest BCUT2D eigenvalue weighted by atomic mass is 32.1. The second-order valence-electron chi connectivity index (χ2n) is 5.06.